The molecule has 0 heterocycles. The highest BCUT2D eigenvalue weighted by atomic mass is 19.4. The van der Waals surface area contributed by atoms with Crippen LogP contribution in [0.2, 0.25) is 0 Å². The van der Waals surface area contributed by atoms with Crippen LogP contribution in [0.15, 0.2) is 24.3 Å². The zero-order valence-electron chi connectivity index (χ0n) is 14.2. The number of hydrogen-bond donors (Lipinski definition) is 1. The molecule has 4 bridgehead atoms. The summed E-state index contributed by atoms with van der Waals surface area (Å²) in [5.41, 5.74) is 0.179. The molecule has 4 fully saturated rings. The van der Waals surface area contributed by atoms with Crippen molar-refractivity contribution in [3.63, 3.8) is 0 Å². The number of alkyl halides is 3. The van der Waals surface area contributed by atoms with Crippen LogP contribution in [0.4, 0.5) is 13.2 Å². The third-order valence-electron chi connectivity index (χ3n) is 6.93. The molecule has 1 nitrogen and oxygen atoms in total. The molecular weight excluding hydrogens is 311 g/mol. The minimum absolute atomic E-state index is 0.284. The van der Waals surface area contributed by atoms with E-state index in [1.54, 1.807) is 12.1 Å². The van der Waals surface area contributed by atoms with Crippen LogP contribution >= 0.6 is 0 Å². The van der Waals surface area contributed by atoms with E-state index in [1.165, 1.54) is 50.7 Å². The van der Waals surface area contributed by atoms with Crippen molar-refractivity contribution in [1.82, 2.24) is 5.32 Å². The minimum atomic E-state index is -4.28. The summed E-state index contributed by atoms with van der Waals surface area (Å²) in [4.78, 5) is 0. The monoisotopic (exact) mass is 337 g/mol. The Morgan fingerprint density at radius 3 is 2.12 bits per heavy atom. The van der Waals surface area contributed by atoms with Gasteiger partial charge >= 0.3 is 6.18 Å². The van der Waals surface area contributed by atoms with E-state index in [4.69, 9.17) is 0 Å². The highest BCUT2D eigenvalue weighted by molar-refractivity contribution is 5.29. The summed E-state index contributed by atoms with van der Waals surface area (Å²) in [6.07, 6.45) is 3.72. The van der Waals surface area contributed by atoms with Gasteiger partial charge in [0.25, 0.3) is 0 Å². The second kappa shape index (κ2) is 5.76. The van der Waals surface area contributed by atoms with E-state index in [0.29, 0.717) is 17.5 Å². The van der Waals surface area contributed by atoms with Crippen LogP contribution in [0.5, 0.6) is 0 Å². The van der Waals surface area contributed by atoms with Crippen molar-refractivity contribution in [2.75, 3.05) is 0 Å². The van der Waals surface area contributed by atoms with Gasteiger partial charge in [0, 0.05) is 12.6 Å². The van der Waals surface area contributed by atoms with E-state index in [9.17, 15) is 13.2 Å². The maximum absolute atomic E-state index is 13.2. The van der Waals surface area contributed by atoms with E-state index < -0.39 is 11.7 Å². The molecule has 4 aliphatic carbocycles. The summed E-state index contributed by atoms with van der Waals surface area (Å²) in [7, 11) is 0. The van der Waals surface area contributed by atoms with Crippen LogP contribution in [-0.4, -0.2) is 6.04 Å². The Kier molecular flexibility index (Phi) is 3.94. The zero-order valence-corrected chi connectivity index (χ0v) is 14.2. The summed E-state index contributed by atoms with van der Waals surface area (Å²) < 4.78 is 39.5. The molecule has 132 valence electrons. The average Bonchev–Trinajstić information content (AvgIpc) is 2.50. The first-order chi connectivity index (χ1) is 11.4. The Bertz CT molecular complexity index is 572. The molecule has 0 amide bonds. The van der Waals surface area contributed by atoms with Crippen molar-refractivity contribution in [3.8, 4) is 0 Å². The first kappa shape index (κ1) is 16.4. The molecule has 4 aliphatic rings. The van der Waals surface area contributed by atoms with Gasteiger partial charge in [0.05, 0.1) is 5.56 Å². The SMILES string of the molecule is C[C@H](NCc1ccccc1C(F)(F)F)C12CC3CC(CC(C3)C1)C2. The lowest BCUT2D eigenvalue weighted by Gasteiger charge is -2.59. The maximum atomic E-state index is 13.2. The molecule has 0 aliphatic heterocycles. The van der Waals surface area contributed by atoms with Gasteiger partial charge in [0.2, 0.25) is 0 Å². The molecule has 1 atom stereocenters. The fourth-order valence-corrected chi connectivity index (χ4v) is 6.14. The molecule has 5 rings (SSSR count). The van der Waals surface area contributed by atoms with Crippen LogP contribution in [0, 0.1) is 23.2 Å². The average molecular weight is 337 g/mol. The molecule has 4 heteroatoms. The molecule has 0 aromatic heterocycles. The van der Waals surface area contributed by atoms with Gasteiger partial charge in [-0.05, 0) is 80.2 Å². The predicted molar refractivity (Wildman–Crippen MR) is 88.4 cm³/mol. The van der Waals surface area contributed by atoms with Crippen molar-refractivity contribution in [2.45, 2.75) is 64.2 Å². The Balaban J connectivity index is 1.47. The van der Waals surface area contributed by atoms with Crippen molar-refractivity contribution >= 4 is 0 Å². The number of rotatable bonds is 4. The van der Waals surface area contributed by atoms with E-state index in [1.807, 2.05) is 0 Å². The standard InChI is InChI=1S/C20H26F3N/c1-13(19-9-14-6-15(10-19)8-16(7-14)11-19)24-12-17-4-2-3-5-18(17)20(21,22)23/h2-5,13-16,24H,6-12H2,1H3/t13-,14?,15?,16?,19?/m0/s1. The normalized spacial score (nSPS) is 36.1. The van der Waals surface area contributed by atoms with Gasteiger partial charge in [-0.25, -0.2) is 0 Å². The number of hydrogen-bond acceptors (Lipinski definition) is 1. The van der Waals surface area contributed by atoms with E-state index >= 15 is 0 Å². The fraction of sp³-hybridized carbons (Fsp3) is 0.700. The fourth-order valence-electron chi connectivity index (χ4n) is 6.14. The Labute approximate surface area is 142 Å². The second-order valence-corrected chi connectivity index (χ2v) is 8.54. The smallest absolute Gasteiger partial charge is 0.310 e. The third kappa shape index (κ3) is 2.87. The summed E-state index contributed by atoms with van der Waals surface area (Å²) in [5, 5.41) is 3.47. The Hall–Kier alpha value is -1.03. The highest BCUT2D eigenvalue weighted by Gasteiger charge is 2.52. The van der Waals surface area contributed by atoms with Crippen molar-refractivity contribution < 1.29 is 13.2 Å². The van der Waals surface area contributed by atoms with Crippen LogP contribution < -0.4 is 5.32 Å². The zero-order chi connectivity index (χ0) is 16.9. The van der Waals surface area contributed by atoms with Crippen LogP contribution in [-0.2, 0) is 12.7 Å². The van der Waals surface area contributed by atoms with E-state index in [-0.39, 0.29) is 6.04 Å². The molecule has 1 N–H and O–H groups in total. The van der Waals surface area contributed by atoms with Gasteiger partial charge in [-0.2, -0.15) is 13.2 Å². The van der Waals surface area contributed by atoms with Gasteiger partial charge in [0.1, 0.15) is 0 Å². The van der Waals surface area contributed by atoms with Crippen molar-refractivity contribution in [2.24, 2.45) is 23.2 Å². The molecule has 0 spiro atoms. The van der Waals surface area contributed by atoms with Gasteiger partial charge in [0.15, 0.2) is 0 Å². The summed E-state index contributed by atoms with van der Waals surface area (Å²) >= 11 is 0. The van der Waals surface area contributed by atoms with E-state index in [0.717, 1.165) is 17.8 Å². The number of halogens is 3. The molecule has 0 saturated heterocycles. The third-order valence-corrected chi connectivity index (χ3v) is 6.93. The summed E-state index contributed by atoms with van der Waals surface area (Å²) in [6.45, 7) is 2.50. The first-order valence-corrected chi connectivity index (χ1v) is 9.24. The maximum Gasteiger partial charge on any atom is 0.416 e. The second-order valence-electron chi connectivity index (χ2n) is 8.54. The topological polar surface area (TPSA) is 12.0 Å². The Morgan fingerprint density at radius 2 is 1.58 bits per heavy atom. The molecule has 1 aromatic carbocycles. The largest absolute Gasteiger partial charge is 0.416 e. The Morgan fingerprint density at radius 1 is 1.04 bits per heavy atom. The van der Waals surface area contributed by atoms with Crippen LogP contribution in [0.25, 0.3) is 0 Å². The van der Waals surface area contributed by atoms with Crippen molar-refractivity contribution in [3.05, 3.63) is 35.4 Å². The number of nitrogens with one attached hydrogen (secondary N) is 1. The molecule has 1 aromatic rings. The first-order valence-electron chi connectivity index (χ1n) is 9.24. The minimum Gasteiger partial charge on any atom is -0.310 e. The molecular formula is C20H26F3N. The summed E-state index contributed by atoms with van der Waals surface area (Å²) in [5.74, 6) is 2.59. The lowest BCUT2D eigenvalue weighted by Crippen LogP contribution is -2.54. The molecule has 0 radical (unpaired) electrons. The quantitative estimate of drug-likeness (QED) is 0.776. The molecule has 24 heavy (non-hydrogen) atoms. The van der Waals surface area contributed by atoms with Gasteiger partial charge < -0.3 is 5.32 Å². The van der Waals surface area contributed by atoms with Crippen LogP contribution in [0.3, 0.4) is 0 Å². The predicted octanol–water partition coefficient (Wildman–Crippen LogP) is 5.40. The van der Waals surface area contributed by atoms with Crippen LogP contribution in [0.1, 0.15) is 56.6 Å². The van der Waals surface area contributed by atoms with Gasteiger partial charge in [-0.1, -0.05) is 18.2 Å². The van der Waals surface area contributed by atoms with Gasteiger partial charge in [-0.15, -0.1) is 0 Å². The molecule has 4 saturated carbocycles. The lowest BCUT2D eigenvalue weighted by atomic mass is 9.48. The summed E-state index contributed by atoms with van der Waals surface area (Å²) in [6, 6.07) is 6.23. The molecule has 0 unspecified atom stereocenters. The highest BCUT2D eigenvalue weighted by Crippen LogP contribution is 2.61. The number of benzene rings is 1. The van der Waals surface area contributed by atoms with E-state index in [2.05, 4.69) is 12.2 Å². The lowest BCUT2D eigenvalue weighted by molar-refractivity contribution is -0.138. The van der Waals surface area contributed by atoms with Crippen molar-refractivity contribution in [1.29, 1.82) is 0 Å². The van der Waals surface area contributed by atoms with Gasteiger partial charge in [-0.3, -0.25) is 0 Å².